The molecule has 0 unspecified atom stereocenters. The second-order valence-corrected chi connectivity index (χ2v) is 11.0. The summed E-state index contributed by atoms with van der Waals surface area (Å²) >= 11 is 0. The first kappa shape index (κ1) is 33.1. The minimum Gasteiger partial charge on any atom is -0.490 e. The molecule has 45 heavy (non-hydrogen) atoms. The summed E-state index contributed by atoms with van der Waals surface area (Å²) in [7, 11) is 2.08. The van der Waals surface area contributed by atoms with Gasteiger partial charge in [0, 0.05) is 37.2 Å². The molecule has 0 aliphatic carbocycles. The highest BCUT2D eigenvalue weighted by Crippen LogP contribution is 2.38. The van der Waals surface area contributed by atoms with Gasteiger partial charge < -0.3 is 26.0 Å². The van der Waals surface area contributed by atoms with Crippen molar-refractivity contribution < 1.29 is 22.7 Å². The Bertz CT molecular complexity index is 1550. The summed E-state index contributed by atoms with van der Waals surface area (Å²) in [4.78, 5) is 12.9. The fourth-order valence-corrected chi connectivity index (χ4v) is 4.99. The fourth-order valence-electron chi connectivity index (χ4n) is 4.99. The van der Waals surface area contributed by atoms with Gasteiger partial charge in [0.25, 0.3) is 0 Å². The maximum Gasteiger partial charge on any atom is 0.416 e. The van der Waals surface area contributed by atoms with Crippen molar-refractivity contribution in [1.29, 1.82) is 0 Å². The van der Waals surface area contributed by atoms with Crippen molar-refractivity contribution >= 4 is 12.1 Å². The maximum atomic E-state index is 13.4. The Morgan fingerprint density at radius 3 is 2.27 bits per heavy atom. The van der Waals surface area contributed by atoms with Crippen molar-refractivity contribution in [3.63, 3.8) is 0 Å². The van der Waals surface area contributed by atoms with Crippen molar-refractivity contribution in [3.8, 4) is 28.0 Å². The number of alkyl halides is 3. The highest BCUT2D eigenvalue weighted by molar-refractivity contribution is 5.85. The van der Waals surface area contributed by atoms with Crippen molar-refractivity contribution in [2.24, 2.45) is 5.73 Å². The first-order valence-corrected chi connectivity index (χ1v) is 14.8. The molecule has 4 aromatic rings. The van der Waals surface area contributed by atoms with Gasteiger partial charge in [0.05, 0.1) is 5.56 Å². The maximum absolute atomic E-state index is 13.4. The average Bonchev–Trinajstić information content (AvgIpc) is 3.03. The van der Waals surface area contributed by atoms with Gasteiger partial charge in [-0.1, -0.05) is 60.7 Å². The van der Waals surface area contributed by atoms with Crippen molar-refractivity contribution in [2.75, 3.05) is 25.5 Å². The normalized spacial score (nSPS) is 14.2. The van der Waals surface area contributed by atoms with Gasteiger partial charge in [0.1, 0.15) is 11.9 Å². The quantitative estimate of drug-likeness (QED) is 0.168. The highest BCUT2D eigenvalue weighted by Gasteiger charge is 2.30. The van der Waals surface area contributed by atoms with Gasteiger partial charge in [-0.3, -0.25) is 4.79 Å². The molecule has 1 aliphatic rings. The minimum atomic E-state index is -4.43. The summed E-state index contributed by atoms with van der Waals surface area (Å²) < 4.78 is 46.3. The molecule has 6 nitrogen and oxygen atoms in total. The van der Waals surface area contributed by atoms with E-state index in [-0.39, 0.29) is 6.10 Å². The molecule has 0 saturated carbocycles. The van der Waals surface area contributed by atoms with Crippen LogP contribution in [0.2, 0.25) is 0 Å². The standard InChI is InChI=1S/C26H25F3N2O2.C10H14N2/c1-31-13-11-22(12-14-31)33-23-9-10-24(18-5-7-21(8-6-18)30-17-32)25(16-23)19-3-2-4-20(15-19)26(27,28)29;1-9(11)7-12-8-10-5-3-2-4-6-10/h2-10,15-17,22H,11-14H2,1H3,(H,30,32);2-7,12H,8,11H2,1H3/b;9-7-. The number of nitrogens with one attached hydrogen (secondary N) is 2. The summed E-state index contributed by atoms with van der Waals surface area (Å²) in [6.45, 7) is 4.59. The van der Waals surface area contributed by atoms with E-state index in [1.54, 1.807) is 18.2 Å². The second kappa shape index (κ2) is 15.8. The van der Waals surface area contributed by atoms with Crippen LogP contribution in [0, 0.1) is 0 Å². The molecule has 0 aromatic heterocycles. The molecule has 4 aromatic carbocycles. The number of nitrogens with zero attached hydrogens (tertiary/aromatic N) is 1. The number of benzene rings is 4. The Labute approximate surface area is 262 Å². The SMILES string of the molecule is C/C(N)=C/NCc1ccccc1.CN1CCC(Oc2ccc(-c3ccc(NC=O)cc3)c(-c3cccc(C(F)(F)F)c3)c2)CC1. The average molecular weight is 617 g/mol. The van der Waals surface area contributed by atoms with E-state index in [0.717, 1.165) is 55.4 Å². The van der Waals surface area contributed by atoms with E-state index in [1.807, 2.05) is 61.7 Å². The number of rotatable bonds is 9. The van der Waals surface area contributed by atoms with E-state index >= 15 is 0 Å². The first-order chi connectivity index (χ1) is 21.6. The predicted octanol–water partition coefficient (Wildman–Crippen LogP) is 7.68. The summed E-state index contributed by atoms with van der Waals surface area (Å²) in [6, 6.07) is 28.3. The molecule has 4 N–H and O–H groups in total. The Kier molecular flexibility index (Phi) is 11.6. The number of likely N-dealkylation sites (tertiary alicyclic amines) is 1. The Morgan fingerprint density at radius 2 is 1.62 bits per heavy atom. The highest BCUT2D eigenvalue weighted by atomic mass is 19.4. The summed E-state index contributed by atoms with van der Waals surface area (Å²) in [5.41, 5.74) is 10.2. The molecule has 0 spiro atoms. The molecule has 1 fully saturated rings. The number of amides is 1. The topological polar surface area (TPSA) is 79.6 Å². The second-order valence-electron chi connectivity index (χ2n) is 11.0. The minimum absolute atomic E-state index is 0.0788. The molecule has 1 amide bonds. The van der Waals surface area contributed by atoms with Gasteiger partial charge in [0.2, 0.25) is 6.41 Å². The lowest BCUT2D eigenvalue weighted by Gasteiger charge is -2.29. The zero-order chi connectivity index (χ0) is 32.2. The molecule has 1 heterocycles. The number of ether oxygens (including phenoxy) is 1. The van der Waals surface area contributed by atoms with Gasteiger partial charge in [-0.2, -0.15) is 13.2 Å². The number of carbonyl (C=O) groups is 1. The number of hydrogen-bond donors (Lipinski definition) is 3. The molecule has 0 bridgehead atoms. The lowest BCUT2D eigenvalue weighted by molar-refractivity contribution is -0.137. The molecule has 0 atom stereocenters. The number of halogens is 3. The Balaban J connectivity index is 0.000000323. The van der Waals surface area contributed by atoms with E-state index in [1.165, 1.54) is 17.7 Å². The third kappa shape index (κ3) is 10.1. The van der Waals surface area contributed by atoms with E-state index in [0.29, 0.717) is 29.0 Å². The molecule has 236 valence electrons. The zero-order valence-electron chi connectivity index (χ0n) is 25.5. The van der Waals surface area contributed by atoms with E-state index in [4.69, 9.17) is 10.5 Å². The summed E-state index contributed by atoms with van der Waals surface area (Å²) in [5, 5.41) is 5.70. The molecule has 0 radical (unpaired) electrons. The van der Waals surface area contributed by atoms with Crippen LogP contribution in [0.4, 0.5) is 18.9 Å². The van der Waals surface area contributed by atoms with E-state index < -0.39 is 11.7 Å². The third-order valence-electron chi connectivity index (χ3n) is 7.36. The van der Waals surface area contributed by atoms with Crippen molar-refractivity contribution in [2.45, 2.75) is 38.6 Å². The van der Waals surface area contributed by atoms with Crippen LogP contribution in [0.5, 0.6) is 5.75 Å². The van der Waals surface area contributed by atoms with E-state index in [2.05, 4.69) is 34.7 Å². The van der Waals surface area contributed by atoms with Crippen LogP contribution in [0.15, 0.2) is 109 Å². The number of nitrogens with two attached hydrogens (primary N) is 1. The van der Waals surface area contributed by atoms with Crippen LogP contribution in [-0.2, 0) is 17.5 Å². The first-order valence-electron chi connectivity index (χ1n) is 14.8. The Hall–Kier alpha value is -4.76. The summed E-state index contributed by atoms with van der Waals surface area (Å²) in [6.07, 6.45) is -0.133. The monoisotopic (exact) mass is 616 g/mol. The van der Waals surface area contributed by atoms with Crippen LogP contribution in [0.3, 0.4) is 0 Å². The molecule has 5 rings (SSSR count). The number of hydrogen-bond acceptors (Lipinski definition) is 5. The molecule has 1 aliphatic heterocycles. The van der Waals surface area contributed by atoms with Crippen LogP contribution in [0.1, 0.15) is 30.9 Å². The van der Waals surface area contributed by atoms with E-state index in [9.17, 15) is 18.0 Å². The van der Waals surface area contributed by atoms with Crippen molar-refractivity contribution in [3.05, 3.63) is 120 Å². The Morgan fingerprint density at radius 1 is 0.911 bits per heavy atom. The number of anilines is 1. The predicted molar refractivity (Wildman–Crippen MR) is 174 cm³/mol. The lowest BCUT2D eigenvalue weighted by Crippen LogP contribution is -2.35. The molecule has 9 heteroatoms. The molecular weight excluding hydrogens is 577 g/mol. The summed E-state index contributed by atoms with van der Waals surface area (Å²) in [5.74, 6) is 0.639. The zero-order valence-corrected chi connectivity index (χ0v) is 25.5. The van der Waals surface area contributed by atoms with Gasteiger partial charge >= 0.3 is 6.18 Å². The fraction of sp³-hybridized carbons (Fsp3) is 0.250. The van der Waals surface area contributed by atoms with Gasteiger partial charge in [-0.15, -0.1) is 0 Å². The third-order valence-corrected chi connectivity index (χ3v) is 7.36. The molecule has 1 saturated heterocycles. The smallest absolute Gasteiger partial charge is 0.416 e. The van der Waals surface area contributed by atoms with Gasteiger partial charge in [-0.25, -0.2) is 0 Å². The number of piperidine rings is 1. The largest absolute Gasteiger partial charge is 0.490 e. The van der Waals surface area contributed by atoms with Crippen LogP contribution >= 0.6 is 0 Å². The lowest BCUT2D eigenvalue weighted by atomic mass is 9.93. The van der Waals surface area contributed by atoms with Gasteiger partial charge in [-0.05, 0) is 91.0 Å². The number of carbonyl (C=O) groups excluding carboxylic acids is 1. The van der Waals surface area contributed by atoms with Crippen LogP contribution < -0.4 is 21.1 Å². The van der Waals surface area contributed by atoms with Crippen LogP contribution in [-0.4, -0.2) is 37.6 Å². The number of allylic oxidation sites excluding steroid dienone is 1. The van der Waals surface area contributed by atoms with Crippen molar-refractivity contribution in [1.82, 2.24) is 10.2 Å². The van der Waals surface area contributed by atoms with Crippen LogP contribution in [0.25, 0.3) is 22.3 Å². The van der Waals surface area contributed by atoms with Gasteiger partial charge in [0.15, 0.2) is 0 Å². The molecular formula is C36H39F3N4O2.